The van der Waals surface area contributed by atoms with Gasteiger partial charge >= 0.3 is 0 Å². The van der Waals surface area contributed by atoms with Gasteiger partial charge in [0, 0.05) is 17.0 Å². The number of anilines is 1. The number of nitrogens with zero attached hydrogens (tertiary/aromatic N) is 2. The first kappa shape index (κ1) is 17.0. The Kier molecular flexibility index (Phi) is 4.55. The summed E-state index contributed by atoms with van der Waals surface area (Å²) in [5.41, 5.74) is 3.83. The fraction of sp³-hybridized carbons (Fsp3) is 0.0769. The Morgan fingerprint density at radius 1 is 1.08 bits per heavy atom. The lowest BCUT2D eigenvalue weighted by Crippen LogP contribution is -2.16. The summed E-state index contributed by atoms with van der Waals surface area (Å²) in [5.74, 6) is -1.58. The summed E-state index contributed by atoms with van der Waals surface area (Å²) in [6.45, 7) is 1.70. The lowest BCUT2D eigenvalue weighted by Gasteiger charge is -2.05. The first-order valence-electron chi connectivity index (χ1n) is 6.34. The van der Waals surface area contributed by atoms with Crippen LogP contribution in [0.15, 0.2) is 24.3 Å². The molecule has 1 aromatic carbocycles. The molecule has 0 bridgehead atoms. The molecule has 0 radical (unpaired) electrons. The molecule has 11 heteroatoms. The van der Waals surface area contributed by atoms with Crippen molar-refractivity contribution in [3.8, 4) is 0 Å². The molecule has 0 spiro atoms. The maximum absolute atomic E-state index is 12.2. The highest BCUT2D eigenvalue weighted by Gasteiger charge is 2.21. The maximum Gasteiger partial charge on any atom is 0.277 e. The smallest absolute Gasteiger partial charge is 0.277 e. The predicted molar refractivity (Wildman–Crippen MR) is 85.3 cm³/mol. The van der Waals surface area contributed by atoms with Crippen molar-refractivity contribution in [3.05, 3.63) is 60.5 Å². The van der Waals surface area contributed by atoms with E-state index in [1.165, 1.54) is 6.07 Å². The molecule has 1 aromatic heterocycles. The predicted octanol–water partition coefficient (Wildman–Crippen LogP) is 2.22. The van der Waals surface area contributed by atoms with Crippen LogP contribution in [0.1, 0.15) is 25.6 Å². The summed E-state index contributed by atoms with van der Waals surface area (Å²) in [4.78, 5) is 44.3. The lowest BCUT2D eigenvalue weighted by molar-refractivity contribution is -0.394. The first-order valence-corrected chi connectivity index (χ1v) is 7.16. The van der Waals surface area contributed by atoms with Crippen molar-refractivity contribution in [2.45, 2.75) is 6.92 Å². The Morgan fingerprint density at radius 3 is 2.08 bits per heavy atom. The van der Waals surface area contributed by atoms with Gasteiger partial charge in [-0.05, 0) is 13.0 Å². The third kappa shape index (κ3) is 3.52. The van der Waals surface area contributed by atoms with E-state index >= 15 is 0 Å². The van der Waals surface area contributed by atoms with E-state index in [0.717, 1.165) is 29.5 Å². The summed E-state index contributed by atoms with van der Waals surface area (Å²) in [6.07, 6.45) is 0. The molecule has 3 N–H and O–H groups in total. The van der Waals surface area contributed by atoms with Crippen LogP contribution >= 0.6 is 11.3 Å². The van der Waals surface area contributed by atoms with Crippen LogP contribution in [-0.2, 0) is 0 Å². The molecule has 10 nitrogen and oxygen atoms in total. The number of hydrogen-bond acceptors (Lipinski definition) is 7. The monoisotopic (exact) mass is 350 g/mol. The van der Waals surface area contributed by atoms with Crippen LogP contribution in [0, 0.1) is 27.2 Å². The Morgan fingerprint density at radius 2 is 1.62 bits per heavy atom. The zero-order valence-corrected chi connectivity index (χ0v) is 13.0. The number of nitro benzene ring substituents is 2. The number of benzene rings is 1. The Labute approximate surface area is 138 Å². The van der Waals surface area contributed by atoms with Crippen LogP contribution < -0.4 is 11.1 Å². The van der Waals surface area contributed by atoms with E-state index in [2.05, 4.69) is 5.32 Å². The molecule has 0 aliphatic rings. The average molecular weight is 350 g/mol. The largest absolute Gasteiger partial charge is 0.366 e. The first-order chi connectivity index (χ1) is 11.2. The van der Waals surface area contributed by atoms with Gasteiger partial charge in [0.15, 0.2) is 0 Å². The minimum absolute atomic E-state index is 0.0887. The van der Waals surface area contributed by atoms with Gasteiger partial charge in [-0.25, -0.2) is 0 Å². The number of aryl methyl sites for hydroxylation is 1. The molecular weight excluding hydrogens is 340 g/mol. The van der Waals surface area contributed by atoms with Crippen molar-refractivity contribution in [3.63, 3.8) is 0 Å². The molecule has 0 saturated heterocycles. The standard InChI is InChI=1S/C13H10N4O6S/c1-6-2-10(11(14)18)13(24-6)15-12(19)7-3-8(16(20)21)5-9(4-7)17(22)23/h2-5H,1H3,(H2,14,18)(H,15,19). The van der Waals surface area contributed by atoms with Crippen molar-refractivity contribution in [1.82, 2.24) is 0 Å². The summed E-state index contributed by atoms with van der Waals surface area (Å²) in [7, 11) is 0. The molecule has 24 heavy (non-hydrogen) atoms. The number of amides is 2. The molecule has 1 heterocycles. The Balaban J connectivity index is 2.41. The molecule has 0 atom stereocenters. The van der Waals surface area contributed by atoms with E-state index in [-0.39, 0.29) is 16.1 Å². The van der Waals surface area contributed by atoms with Gasteiger partial charge in [0.1, 0.15) is 5.00 Å². The second-order valence-corrected chi connectivity index (χ2v) is 5.93. The minimum atomic E-state index is -0.839. The van der Waals surface area contributed by atoms with Crippen LogP contribution in [0.25, 0.3) is 0 Å². The van der Waals surface area contributed by atoms with Gasteiger partial charge in [0.25, 0.3) is 23.2 Å². The average Bonchev–Trinajstić information content (AvgIpc) is 2.87. The topological polar surface area (TPSA) is 158 Å². The molecule has 2 aromatic rings. The number of carbonyl (C=O) groups is 2. The maximum atomic E-state index is 12.2. The van der Waals surface area contributed by atoms with Crippen LogP contribution in [0.4, 0.5) is 16.4 Å². The number of nitro groups is 2. The normalized spacial score (nSPS) is 10.2. The number of thiophene rings is 1. The van der Waals surface area contributed by atoms with Crippen LogP contribution in [-0.4, -0.2) is 21.7 Å². The highest BCUT2D eigenvalue weighted by Crippen LogP contribution is 2.29. The number of hydrogen-bond donors (Lipinski definition) is 2. The van der Waals surface area contributed by atoms with Crippen molar-refractivity contribution < 1.29 is 19.4 Å². The van der Waals surface area contributed by atoms with Gasteiger partial charge < -0.3 is 11.1 Å². The van der Waals surface area contributed by atoms with Gasteiger partial charge in [-0.15, -0.1) is 11.3 Å². The zero-order valence-electron chi connectivity index (χ0n) is 12.1. The lowest BCUT2D eigenvalue weighted by atomic mass is 10.1. The van der Waals surface area contributed by atoms with Crippen LogP contribution in [0.3, 0.4) is 0 Å². The second-order valence-electron chi connectivity index (χ2n) is 4.67. The Bertz CT molecular complexity index is 843. The molecule has 0 unspecified atom stereocenters. The zero-order chi connectivity index (χ0) is 18.0. The number of nitrogens with one attached hydrogen (secondary N) is 1. The summed E-state index contributed by atoms with van der Waals surface area (Å²) >= 11 is 1.09. The van der Waals surface area contributed by atoms with Crippen molar-refractivity contribution >= 4 is 39.5 Å². The molecule has 0 saturated carbocycles. The quantitative estimate of drug-likeness (QED) is 0.621. The van der Waals surface area contributed by atoms with Gasteiger partial charge in [0.2, 0.25) is 0 Å². The van der Waals surface area contributed by atoms with Crippen LogP contribution in [0.5, 0.6) is 0 Å². The fourth-order valence-corrected chi connectivity index (χ4v) is 2.81. The van der Waals surface area contributed by atoms with E-state index in [4.69, 9.17) is 5.73 Å². The molecular formula is C13H10N4O6S. The van der Waals surface area contributed by atoms with Gasteiger partial charge in [-0.2, -0.15) is 0 Å². The minimum Gasteiger partial charge on any atom is -0.366 e. The highest BCUT2D eigenvalue weighted by molar-refractivity contribution is 7.16. The molecule has 0 aliphatic carbocycles. The van der Waals surface area contributed by atoms with E-state index in [0.29, 0.717) is 4.88 Å². The molecule has 2 amide bonds. The molecule has 0 aliphatic heterocycles. The van der Waals surface area contributed by atoms with Gasteiger partial charge in [-0.1, -0.05) is 0 Å². The molecule has 2 rings (SSSR count). The fourth-order valence-electron chi connectivity index (χ4n) is 1.90. The van der Waals surface area contributed by atoms with E-state index in [9.17, 15) is 29.8 Å². The van der Waals surface area contributed by atoms with Gasteiger partial charge in [-0.3, -0.25) is 29.8 Å². The number of rotatable bonds is 5. The summed E-state index contributed by atoms with van der Waals surface area (Å²) < 4.78 is 0. The van der Waals surface area contributed by atoms with Gasteiger partial charge in [0.05, 0.1) is 27.0 Å². The number of nitrogens with two attached hydrogens (primary N) is 1. The van der Waals surface area contributed by atoms with E-state index in [1.807, 2.05) is 0 Å². The highest BCUT2D eigenvalue weighted by atomic mass is 32.1. The molecule has 0 fully saturated rings. The molecule has 124 valence electrons. The number of non-ortho nitro benzene ring substituents is 2. The van der Waals surface area contributed by atoms with Crippen molar-refractivity contribution in [1.29, 1.82) is 0 Å². The number of primary amides is 1. The number of carbonyl (C=O) groups excluding carboxylic acids is 2. The van der Waals surface area contributed by atoms with E-state index in [1.54, 1.807) is 6.92 Å². The summed E-state index contributed by atoms with van der Waals surface area (Å²) in [6, 6.07) is 4.05. The van der Waals surface area contributed by atoms with Crippen molar-refractivity contribution in [2.24, 2.45) is 5.73 Å². The second kappa shape index (κ2) is 6.42. The summed E-state index contributed by atoms with van der Waals surface area (Å²) in [5, 5.41) is 24.3. The third-order valence-corrected chi connectivity index (χ3v) is 3.90. The SMILES string of the molecule is Cc1cc(C(N)=O)c(NC(=O)c2cc([N+](=O)[O-])cc([N+](=O)[O-])c2)s1. The van der Waals surface area contributed by atoms with Crippen molar-refractivity contribution in [2.75, 3.05) is 5.32 Å². The van der Waals surface area contributed by atoms with Crippen LogP contribution in [0.2, 0.25) is 0 Å². The van der Waals surface area contributed by atoms with E-state index < -0.39 is 33.0 Å². The third-order valence-electron chi connectivity index (χ3n) is 2.93. The Hall–Kier alpha value is -3.34.